The van der Waals surface area contributed by atoms with Gasteiger partial charge in [0.05, 0.1) is 12.6 Å². The molecular formula is C17H16ClN3O. The number of hydrogen-bond donors (Lipinski definition) is 0. The zero-order valence-electron chi connectivity index (χ0n) is 12.7. The van der Waals surface area contributed by atoms with Gasteiger partial charge in [0, 0.05) is 18.1 Å². The predicted molar refractivity (Wildman–Crippen MR) is 90.3 cm³/mol. The SMILES string of the molecule is COc1ccc(N(C)c2nc(Cl)nc3cccc(C)c23)cc1. The number of anilines is 2. The van der Waals surface area contributed by atoms with Crippen LogP contribution in [0.15, 0.2) is 42.5 Å². The monoisotopic (exact) mass is 313 g/mol. The molecule has 2 aromatic carbocycles. The van der Waals surface area contributed by atoms with Gasteiger partial charge in [0.15, 0.2) is 0 Å². The van der Waals surface area contributed by atoms with E-state index in [2.05, 4.69) is 9.97 Å². The summed E-state index contributed by atoms with van der Waals surface area (Å²) in [4.78, 5) is 10.7. The number of benzene rings is 2. The first kappa shape index (κ1) is 14.6. The van der Waals surface area contributed by atoms with Gasteiger partial charge in [0.2, 0.25) is 5.28 Å². The standard InChI is InChI=1S/C17H16ClN3O/c1-11-5-4-6-14-15(11)16(20-17(18)19-14)21(2)12-7-9-13(22-3)10-8-12/h4-10H,1-3H3. The summed E-state index contributed by atoms with van der Waals surface area (Å²) >= 11 is 6.09. The Labute approximate surface area is 134 Å². The number of nitrogens with zero attached hydrogens (tertiary/aromatic N) is 3. The number of hydrogen-bond acceptors (Lipinski definition) is 4. The molecule has 0 unspecified atom stereocenters. The fourth-order valence-electron chi connectivity index (χ4n) is 2.47. The van der Waals surface area contributed by atoms with Crippen LogP contribution in [0.25, 0.3) is 10.9 Å². The third-order valence-corrected chi connectivity index (χ3v) is 3.83. The number of methoxy groups -OCH3 is 1. The lowest BCUT2D eigenvalue weighted by Gasteiger charge is -2.21. The van der Waals surface area contributed by atoms with Crippen molar-refractivity contribution in [2.24, 2.45) is 0 Å². The second-order valence-corrected chi connectivity index (χ2v) is 5.38. The normalized spacial score (nSPS) is 10.7. The third kappa shape index (κ3) is 2.57. The molecule has 1 heterocycles. The molecule has 1 aromatic heterocycles. The average Bonchev–Trinajstić information content (AvgIpc) is 2.53. The number of aryl methyl sites for hydroxylation is 1. The number of fused-ring (bicyclic) bond motifs is 1. The molecule has 0 radical (unpaired) electrons. The van der Waals surface area contributed by atoms with Gasteiger partial charge in [-0.1, -0.05) is 12.1 Å². The summed E-state index contributed by atoms with van der Waals surface area (Å²) in [7, 11) is 3.62. The summed E-state index contributed by atoms with van der Waals surface area (Å²) in [6, 6.07) is 13.8. The van der Waals surface area contributed by atoms with Gasteiger partial charge in [0.1, 0.15) is 11.6 Å². The fourth-order valence-corrected chi connectivity index (χ4v) is 2.65. The minimum atomic E-state index is 0.244. The van der Waals surface area contributed by atoms with Crippen molar-refractivity contribution in [1.29, 1.82) is 0 Å². The highest BCUT2D eigenvalue weighted by molar-refractivity contribution is 6.29. The Morgan fingerprint density at radius 1 is 1.05 bits per heavy atom. The van der Waals surface area contributed by atoms with Crippen LogP contribution in [0.3, 0.4) is 0 Å². The lowest BCUT2D eigenvalue weighted by atomic mass is 10.1. The lowest BCUT2D eigenvalue weighted by molar-refractivity contribution is 0.415. The van der Waals surface area contributed by atoms with Gasteiger partial charge in [-0.25, -0.2) is 4.98 Å². The van der Waals surface area contributed by atoms with Gasteiger partial charge in [-0.3, -0.25) is 0 Å². The summed E-state index contributed by atoms with van der Waals surface area (Å²) < 4.78 is 5.20. The molecule has 0 aliphatic carbocycles. The van der Waals surface area contributed by atoms with Gasteiger partial charge >= 0.3 is 0 Å². The smallest absolute Gasteiger partial charge is 0.224 e. The van der Waals surface area contributed by atoms with Crippen molar-refractivity contribution in [3.05, 3.63) is 53.3 Å². The maximum Gasteiger partial charge on any atom is 0.224 e. The van der Waals surface area contributed by atoms with Gasteiger partial charge in [-0.15, -0.1) is 0 Å². The molecule has 22 heavy (non-hydrogen) atoms. The molecule has 0 atom stereocenters. The van der Waals surface area contributed by atoms with Crippen molar-refractivity contribution in [2.45, 2.75) is 6.92 Å². The molecule has 112 valence electrons. The van der Waals surface area contributed by atoms with E-state index >= 15 is 0 Å². The molecule has 0 amide bonds. The van der Waals surface area contributed by atoms with Crippen LogP contribution >= 0.6 is 11.6 Å². The van der Waals surface area contributed by atoms with E-state index in [1.165, 1.54) is 0 Å². The average molecular weight is 314 g/mol. The molecule has 0 fully saturated rings. The largest absolute Gasteiger partial charge is 0.497 e. The fraction of sp³-hybridized carbons (Fsp3) is 0.176. The van der Waals surface area contributed by atoms with Crippen molar-refractivity contribution in [2.75, 3.05) is 19.1 Å². The van der Waals surface area contributed by atoms with Crippen molar-refractivity contribution in [3.8, 4) is 5.75 Å². The summed E-state index contributed by atoms with van der Waals surface area (Å²) in [5.41, 5.74) is 2.96. The van der Waals surface area contributed by atoms with Gasteiger partial charge in [-0.2, -0.15) is 4.98 Å². The highest BCUT2D eigenvalue weighted by Gasteiger charge is 2.14. The molecule has 0 bridgehead atoms. The first-order valence-electron chi connectivity index (χ1n) is 6.91. The van der Waals surface area contributed by atoms with Crippen LogP contribution < -0.4 is 9.64 Å². The van der Waals surface area contributed by atoms with E-state index in [0.717, 1.165) is 33.7 Å². The summed E-state index contributed by atoms with van der Waals surface area (Å²) in [6.07, 6.45) is 0. The van der Waals surface area contributed by atoms with Crippen LogP contribution in [-0.4, -0.2) is 24.1 Å². The van der Waals surface area contributed by atoms with Crippen LogP contribution in [0, 0.1) is 6.92 Å². The van der Waals surface area contributed by atoms with Crippen LogP contribution in [0.5, 0.6) is 5.75 Å². The zero-order chi connectivity index (χ0) is 15.7. The molecule has 0 spiro atoms. The Hall–Kier alpha value is -2.33. The topological polar surface area (TPSA) is 38.2 Å². The molecule has 5 heteroatoms. The van der Waals surface area contributed by atoms with Crippen LogP contribution in [0.1, 0.15) is 5.56 Å². The van der Waals surface area contributed by atoms with E-state index in [-0.39, 0.29) is 5.28 Å². The second-order valence-electron chi connectivity index (χ2n) is 5.04. The number of rotatable bonds is 3. The summed E-state index contributed by atoms with van der Waals surface area (Å²) in [6.45, 7) is 2.05. The Morgan fingerprint density at radius 2 is 1.77 bits per heavy atom. The van der Waals surface area contributed by atoms with Crippen LogP contribution in [0.4, 0.5) is 11.5 Å². The van der Waals surface area contributed by atoms with E-state index in [4.69, 9.17) is 16.3 Å². The quantitative estimate of drug-likeness (QED) is 0.673. The number of ether oxygens (including phenoxy) is 1. The van der Waals surface area contributed by atoms with Gasteiger partial charge in [0.25, 0.3) is 0 Å². The zero-order valence-corrected chi connectivity index (χ0v) is 13.4. The first-order chi connectivity index (χ1) is 10.6. The van der Waals surface area contributed by atoms with Gasteiger partial charge in [-0.05, 0) is 54.4 Å². The van der Waals surface area contributed by atoms with E-state index in [0.29, 0.717) is 0 Å². The molecule has 3 aromatic rings. The number of halogens is 1. The molecular weight excluding hydrogens is 298 g/mol. The maximum atomic E-state index is 6.09. The van der Waals surface area contributed by atoms with Crippen molar-refractivity contribution < 1.29 is 4.74 Å². The van der Waals surface area contributed by atoms with Crippen LogP contribution in [-0.2, 0) is 0 Å². The molecule has 0 saturated heterocycles. The van der Waals surface area contributed by atoms with Crippen LogP contribution in [0.2, 0.25) is 5.28 Å². The first-order valence-corrected chi connectivity index (χ1v) is 7.28. The highest BCUT2D eigenvalue weighted by atomic mass is 35.5. The van der Waals surface area contributed by atoms with Crippen molar-refractivity contribution in [1.82, 2.24) is 9.97 Å². The Kier molecular flexibility index (Phi) is 3.86. The predicted octanol–water partition coefficient (Wildman–Crippen LogP) is 4.37. The summed E-state index contributed by atoms with van der Waals surface area (Å²) in [5, 5.41) is 1.25. The Balaban J connectivity index is 2.15. The third-order valence-electron chi connectivity index (χ3n) is 3.66. The molecule has 3 rings (SSSR count). The molecule has 0 aliphatic rings. The molecule has 0 saturated carbocycles. The van der Waals surface area contributed by atoms with E-state index < -0.39 is 0 Å². The Morgan fingerprint density at radius 3 is 2.45 bits per heavy atom. The molecule has 0 N–H and O–H groups in total. The van der Waals surface area contributed by atoms with E-state index in [9.17, 15) is 0 Å². The number of aromatic nitrogens is 2. The van der Waals surface area contributed by atoms with E-state index in [1.807, 2.05) is 61.3 Å². The minimum Gasteiger partial charge on any atom is -0.497 e. The van der Waals surface area contributed by atoms with Crippen molar-refractivity contribution in [3.63, 3.8) is 0 Å². The maximum absolute atomic E-state index is 6.09. The Bertz CT molecular complexity index is 818. The molecule has 0 aliphatic heterocycles. The van der Waals surface area contributed by atoms with Gasteiger partial charge < -0.3 is 9.64 Å². The molecule has 4 nitrogen and oxygen atoms in total. The highest BCUT2D eigenvalue weighted by Crippen LogP contribution is 2.32. The minimum absolute atomic E-state index is 0.244. The van der Waals surface area contributed by atoms with Crippen molar-refractivity contribution >= 4 is 34.0 Å². The second kappa shape index (κ2) is 5.81. The summed E-state index contributed by atoms with van der Waals surface area (Å²) in [5.74, 6) is 1.61. The van der Waals surface area contributed by atoms with E-state index in [1.54, 1.807) is 7.11 Å². The lowest BCUT2D eigenvalue weighted by Crippen LogP contribution is -2.12.